The van der Waals surface area contributed by atoms with Gasteiger partial charge in [-0.25, -0.2) is 0 Å². The first-order valence-corrected chi connectivity index (χ1v) is 12.1. The summed E-state index contributed by atoms with van der Waals surface area (Å²) in [5, 5.41) is 0. The largest absolute Gasteiger partial charge is 0.454 e. The van der Waals surface area contributed by atoms with Gasteiger partial charge in [0.1, 0.15) is 0 Å². The van der Waals surface area contributed by atoms with E-state index >= 15 is 0 Å². The molecule has 0 radical (unpaired) electrons. The van der Waals surface area contributed by atoms with Crippen molar-refractivity contribution in [2.24, 2.45) is 0 Å². The van der Waals surface area contributed by atoms with E-state index in [1.165, 1.54) is 5.56 Å². The normalized spacial score (nSPS) is 24.4. The lowest BCUT2D eigenvalue weighted by Crippen LogP contribution is -2.55. The molecule has 174 valence electrons. The second-order valence-electron chi connectivity index (χ2n) is 9.37. The number of ether oxygens (including phenoxy) is 2. The second kappa shape index (κ2) is 9.67. The molecule has 0 spiro atoms. The monoisotopic (exact) mass is 442 g/mol. The zero-order valence-corrected chi connectivity index (χ0v) is 18.8. The Morgan fingerprint density at radius 3 is 2.66 bits per heavy atom. The van der Waals surface area contributed by atoms with E-state index in [4.69, 9.17) is 9.47 Å². The molecule has 0 aromatic heterocycles. The number of benzene rings is 1. The molecule has 3 saturated heterocycles. The van der Waals surface area contributed by atoms with E-state index in [0.29, 0.717) is 32.2 Å². The molecule has 1 aromatic carbocycles. The first-order chi connectivity index (χ1) is 15.7. The number of likely N-dealkylation sites (tertiary alicyclic amines) is 2. The molecule has 3 fully saturated rings. The highest BCUT2D eigenvalue weighted by Crippen LogP contribution is 2.33. The summed E-state index contributed by atoms with van der Waals surface area (Å²) < 4.78 is 10.9. The lowest BCUT2D eigenvalue weighted by Gasteiger charge is -2.43. The van der Waals surface area contributed by atoms with Crippen LogP contribution in [0.5, 0.6) is 11.5 Å². The average Bonchev–Trinajstić information content (AvgIpc) is 3.46. The summed E-state index contributed by atoms with van der Waals surface area (Å²) in [7, 11) is 0. The van der Waals surface area contributed by atoms with Gasteiger partial charge in [0.05, 0.1) is 0 Å². The fourth-order valence-electron chi connectivity index (χ4n) is 5.39. The molecular formula is C24H34N4O4. The maximum atomic E-state index is 12.8. The van der Waals surface area contributed by atoms with Crippen molar-refractivity contribution < 1.29 is 19.1 Å². The lowest BCUT2D eigenvalue weighted by atomic mass is 10.0. The van der Waals surface area contributed by atoms with Crippen molar-refractivity contribution in [1.29, 1.82) is 0 Å². The van der Waals surface area contributed by atoms with Crippen LogP contribution in [0, 0.1) is 0 Å². The van der Waals surface area contributed by atoms with Crippen molar-refractivity contribution in [3.8, 4) is 11.5 Å². The molecule has 32 heavy (non-hydrogen) atoms. The highest BCUT2D eigenvalue weighted by Gasteiger charge is 2.30. The number of amides is 2. The fourth-order valence-corrected chi connectivity index (χ4v) is 5.39. The Labute approximate surface area is 190 Å². The highest BCUT2D eigenvalue weighted by molar-refractivity contribution is 5.80. The van der Waals surface area contributed by atoms with Crippen LogP contribution in [0.2, 0.25) is 0 Å². The number of carbonyl (C=O) groups is 2. The second-order valence-corrected chi connectivity index (χ2v) is 9.37. The van der Waals surface area contributed by atoms with Gasteiger partial charge < -0.3 is 19.3 Å². The number of carbonyl (C=O) groups excluding carboxylic acids is 2. The summed E-state index contributed by atoms with van der Waals surface area (Å²) >= 11 is 0. The molecule has 4 aliphatic rings. The van der Waals surface area contributed by atoms with Crippen molar-refractivity contribution in [2.75, 3.05) is 59.2 Å². The van der Waals surface area contributed by atoms with Crippen LogP contribution in [0.1, 0.15) is 37.7 Å². The van der Waals surface area contributed by atoms with E-state index in [1.807, 2.05) is 15.9 Å². The number of piperazine rings is 1. The first-order valence-electron chi connectivity index (χ1n) is 12.1. The Bertz CT molecular complexity index is 839. The van der Waals surface area contributed by atoms with Gasteiger partial charge in [0.2, 0.25) is 18.6 Å². The number of hydrogen-bond donors (Lipinski definition) is 0. The molecule has 0 bridgehead atoms. The van der Waals surface area contributed by atoms with Crippen LogP contribution in [0.25, 0.3) is 0 Å². The topological polar surface area (TPSA) is 65.6 Å². The SMILES string of the molecule is O=C1CCCN1CCC(=O)N1CCC[C@@H](N2CCN(Cc3ccc4c(c3)OCO4)CC2)C1. The third kappa shape index (κ3) is 4.86. The van der Waals surface area contributed by atoms with Gasteiger partial charge >= 0.3 is 0 Å². The van der Waals surface area contributed by atoms with Crippen LogP contribution < -0.4 is 9.47 Å². The van der Waals surface area contributed by atoms with Crippen LogP contribution >= 0.6 is 0 Å². The van der Waals surface area contributed by atoms with E-state index in [2.05, 4.69) is 21.9 Å². The molecule has 4 heterocycles. The van der Waals surface area contributed by atoms with Crippen molar-refractivity contribution >= 4 is 11.8 Å². The van der Waals surface area contributed by atoms with Crippen LogP contribution in [0.4, 0.5) is 0 Å². The van der Waals surface area contributed by atoms with Crippen molar-refractivity contribution in [1.82, 2.24) is 19.6 Å². The Hall–Kier alpha value is -2.32. The summed E-state index contributed by atoms with van der Waals surface area (Å²) in [6.45, 7) is 8.47. The Morgan fingerprint density at radius 1 is 1.00 bits per heavy atom. The van der Waals surface area contributed by atoms with Crippen LogP contribution in [0.15, 0.2) is 18.2 Å². The molecule has 0 unspecified atom stereocenters. The minimum absolute atomic E-state index is 0.202. The molecule has 5 rings (SSSR count). The smallest absolute Gasteiger partial charge is 0.231 e. The first kappa shape index (κ1) is 21.5. The molecule has 0 aliphatic carbocycles. The van der Waals surface area contributed by atoms with Crippen LogP contribution in [-0.2, 0) is 16.1 Å². The highest BCUT2D eigenvalue weighted by atomic mass is 16.7. The van der Waals surface area contributed by atoms with E-state index in [9.17, 15) is 9.59 Å². The standard InChI is InChI=1S/C24H34N4O4/c29-23-4-2-8-27(23)10-7-24(30)28-9-1-3-20(17-28)26-13-11-25(12-14-26)16-19-5-6-21-22(15-19)32-18-31-21/h5-6,15,20H,1-4,7-14,16-18H2/t20-/m1/s1. The van der Waals surface area contributed by atoms with Gasteiger partial charge in [0, 0.05) is 77.8 Å². The number of fused-ring (bicyclic) bond motifs is 1. The molecule has 1 atom stereocenters. The fraction of sp³-hybridized carbons (Fsp3) is 0.667. The summed E-state index contributed by atoms with van der Waals surface area (Å²) in [4.78, 5) is 33.5. The van der Waals surface area contributed by atoms with Gasteiger partial charge in [-0.05, 0) is 37.0 Å². The predicted molar refractivity (Wildman–Crippen MR) is 119 cm³/mol. The molecule has 2 amide bonds. The minimum atomic E-state index is 0.202. The van der Waals surface area contributed by atoms with Gasteiger partial charge in [0.15, 0.2) is 11.5 Å². The Balaban J connectivity index is 1.07. The van der Waals surface area contributed by atoms with E-state index in [-0.39, 0.29) is 11.8 Å². The summed E-state index contributed by atoms with van der Waals surface area (Å²) in [6.07, 6.45) is 4.26. The van der Waals surface area contributed by atoms with Crippen molar-refractivity contribution in [2.45, 2.75) is 44.7 Å². The molecule has 8 nitrogen and oxygen atoms in total. The maximum absolute atomic E-state index is 12.8. The molecule has 1 aromatic rings. The summed E-state index contributed by atoms with van der Waals surface area (Å²) in [6, 6.07) is 6.67. The van der Waals surface area contributed by atoms with Crippen LogP contribution in [0.3, 0.4) is 0 Å². The van der Waals surface area contributed by atoms with Gasteiger partial charge in [0.25, 0.3) is 0 Å². The quantitative estimate of drug-likeness (QED) is 0.666. The number of hydrogen-bond acceptors (Lipinski definition) is 6. The molecular weight excluding hydrogens is 408 g/mol. The average molecular weight is 443 g/mol. The van der Waals surface area contributed by atoms with Crippen molar-refractivity contribution in [3.63, 3.8) is 0 Å². The maximum Gasteiger partial charge on any atom is 0.231 e. The minimum Gasteiger partial charge on any atom is -0.454 e. The zero-order valence-electron chi connectivity index (χ0n) is 18.8. The molecule has 0 saturated carbocycles. The van der Waals surface area contributed by atoms with Crippen molar-refractivity contribution in [3.05, 3.63) is 23.8 Å². The number of nitrogens with zero attached hydrogens (tertiary/aromatic N) is 4. The van der Waals surface area contributed by atoms with Gasteiger partial charge in [-0.15, -0.1) is 0 Å². The predicted octanol–water partition coefficient (Wildman–Crippen LogP) is 1.54. The Morgan fingerprint density at radius 2 is 1.84 bits per heavy atom. The van der Waals surface area contributed by atoms with Gasteiger partial charge in [-0.3, -0.25) is 19.4 Å². The van der Waals surface area contributed by atoms with E-state index < -0.39 is 0 Å². The molecule has 8 heteroatoms. The Kier molecular flexibility index (Phi) is 6.50. The third-order valence-corrected chi connectivity index (χ3v) is 7.28. The summed E-state index contributed by atoms with van der Waals surface area (Å²) in [5.41, 5.74) is 1.26. The molecule has 4 aliphatic heterocycles. The zero-order chi connectivity index (χ0) is 21.9. The number of piperidine rings is 1. The lowest BCUT2D eigenvalue weighted by molar-refractivity contribution is -0.134. The molecule has 0 N–H and O–H groups in total. The van der Waals surface area contributed by atoms with E-state index in [0.717, 1.165) is 83.1 Å². The van der Waals surface area contributed by atoms with Crippen LogP contribution in [-0.4, -0.2) is 96.6 Å². The van der Waals surface area contributed by atoms with E-state index in [1.54, 1.807) is 0 Å². The third-order valence-electron chi connectivity index (χ3n) is 7.28. The summed E-state index contributed by atoms with van der Waals surface area (Å²) in [5.74, 6) is 2.09. The van der Waals surface area contributed by atoms with Gasteiger partial charge in [-0.2, -0.15) is 0 Å². The van der Waals surface area contributed by atoms with Gasteiger partial charge in [-0.1, -0.05) is 6.07 Å². The number of rotatable bonds is 6.